The van der Waals surface area contributed by atoms with Crippen molar-refractivity contribution in [2.45, 2.75) is 50.7 Å². The first-order valence-corrected chi connectivity index (χ1v) is 11.1. The molecule has 0 radical (unpaired) electrons. The van der Waals surface area contributed by atoms with Crippen LogP contribution in [0.1, 0.15) is 49.7 Å². The molecule has 2 N–H and O–H groups in total. The number of nitrogens with one attached hydrogen (secondary N) is 1. The van der Waals surface area contributed by atoms with Crippen LogP contribution in [0, 0.1) is 11.3 Å². The monoisotopic (exact) mass is 451 g/mol. The van der Waals surface area contributed by atoms with Crippen LogP contribution in [0.15, 0.2) is 42.5 Å². The van der Waals surface area contributed by atoms with Crippen LogP contribution in [0.5, 0.6) is 0 Å². The summed E-state index contributed by atoms with van der Waals surface area (Å²) in [5.41, 5.74) is 1.32. The molecule has 2 aromatic rings. The van der Waals surface area contributed by atoms with Gasteiger partial charge >= 0.3 is 0 Å². The fourth-order valence-electron chi connectivity index (χ4n) is 5.72. The molecule has 0 aromatic heterocycles. The number of carbonyl (C=O) groups is 1. The average Bonchev–Trinajstić information content (AvgIpc) is 2.93. The summed E-state index contributed by atoms with van der Waals surface area (Å²) in [5, 5.41) is 15.8. The fourth-order valence-corrected chi connectivity index (χ4v) is 6.39. The van der Waals surface area contributed by atoms with Gasteiger partial charge < -0.3 is 10.4 Å². The molecule has 2 aromatic carbocycles. The zero-order chi connectivity index (χ0) is 20.9. The maximum atomic E-state index is 13.0. The first-order valence-electron chi connectivity index (χ1n) is 9.95. The van der Waals surface area contributed by atoms with Gasteiger partial charge in [0, 0.05) is 27.0 Å². The summed E-state index contributed by atoms with van der Waals surface area (Å²) in [4.78, 5) is 13.0. The molecule has 6 atom stereocenters. The second kappa shape index (κ2) is 7.77. The molecular weight excluding hydrogens is 429 g/mol. The fraction of sp³-hybridized carbons (Fsp3) is 0.435. The summed E-state index contributed by atoms with van der Waals surface area (Å²) < 4.78 is 0. The van der Waals surface area contributed by atoms with Gasteiger partial charge in [-0.2, -0.15) is 0 Å². The molecule has 29 heavy (non-hydrogen) atoms. The summed E-state index contributed by atoms with van der Waals surface area (Å²) in [6.45, 7) is 3.76. The van der Waals surface area contributed by atoms with Gasteiger partial charge in [-0.1, -0.05) is 53.0 Å². The van der Waals surface area contributed by atoms with E-state index >= 15 is 0 Å². The third kappa shape index (κ3) is 3.37. The summed E-state index contributed by atoms with van der Waals surface area (Å²) in [7, 11) is 0. The van der Waals surface area contributed by atoms with Crippen LogP contribution >= 0.6 is 34.8 Å². The number of halogens is 3. The van der Waals surface area contributed by atoms with Crippen molar-refractivity contribution in [2.24, 2.45) is 11.3 Å². The zero-order valence-electron chi connectivity index (χ0n) is 16.3. The smallest absolute Gasteiger partial charge is 0.229 e. The lowest BCUT2D eigenvalue weighted by Gasteiger charge is -2.49. The number of amides is 1. The number of hydrogen-bond donors (Lipinski definition) is 2. The van der Waals surface area contributed by atoms with Crippen LogP contribution in [0.2, 0.25) is 15.1 Å². The molecule has 1 unspecified atom stereocenters. The van der Waals surface area contributed by atoms with E-state index in [9.17, 15) is 9.90 Å². The molecule has 1 saturated carbocycles. The van der Waals surface area contributed by atoms with Gasteiger partial charge in [-0.05, 0) is 73.9 Å². The summed E-state index contributed by atoms with van der Waals surface area (Å²) in [5.74, 6) is -0.0116. The number of benzene rings is 2. The topological polar surface area (TPSA) is 49.3 Å². The Labute approximate surface area is 186 Å². The Morgan fingerprint density at radius 3 is 2.38 bits per heavy atom. The maximum Gasteiger partial charge on any atom is 0.229 e. The van der Waals surface area contributed by atoms with Crippen molar-refractivity contribution in [3.8, 4) is 0 Å². The van der Waals surface area contributed by atoms with E-state index in [0.29, 0.717) is 21.5 Å². The van der Waals surface area contributed by atoms with Gasteiger partial charge in [-0.15, -0.1) is 0 Å². The van der Waals surface area contributed by atoms with Gasteiger partial charge in [0.1, 0.15) is 0 Å². The van der Waals surface area contributed by atoms with E-state index in [1.807, 2.05) is 43.3 Å². The quantitative estimate of drug-likeness (QED) is 0.617. The number of rotatable bonds is 3. The molecule has 1 heterocycles. The minimum Gasteiger partial charge on any atom is -0.392 e. The molecule has 154 valence electrons. The van der Waals surface area contributed by atoms with Crippen molar-refractivity contribution in [2.75, 3.05) is 0 Å². The highest BCUT2D eigenvalue weighted by atomic mass is 35.5. The van der Waals surface area contributed by atoms with E-state index in [4.69, 9.17) is 34.8 Å². The summed E-state index contributed by atoms with van der Waals surface area (Å²) >= 11 is 18.9. The predicted octanol–water partition coefficient (Wildman–Crippen LogP) is 5.81. The van der Waals surface area contributed by atoms with Crippen LogP contribution < -0.4 is 5.32 Å². The minimum absolute atomic E-state index is 0.00300. The van der Waals surface area contributed by atoms with Gasteiger partial charge in [0.15, 0.2) is 0 Å². The van der Waals surface area contributed by atoms with Gasteiger partial charge in [0.05, 0.1) is 11.5 Å². The predicted molar refractivity (Wildman–Crippen MR) is 118 cm³/mol. The van der Waals surface area contributed by atoms with Crippen LogP contribution in [0.4, 0.5) is 0 Å². The molecular formula is C23H24Cl3NO2. The SMILES string of the molecule is CC(O)[C@@]12CC[C@@H](c3ccc(Cl)cc3Cl)[C@H](c3ccc(Cl)cc3)[C@@H]1[C@@H](C)NC2=O. The largest absolute Gasteiger partial charge is 0.392 e. The lowest BCUT2D eigenvalue weighted by Crippen LogP contribution is -2.50. The lowest BCUT2D eigenvalue weighted by molar-refractivity contribution is -0.139. The van der Waals surface area contributed by atoms with Crippen LogP contribution in [-0.2, 0) is 4.79 Å². The molecule has 3 nitrogen and oxygen atoms in total. The summed E-state index contributed by atoms with van der Waals surface area (Å²) in [6, 6.07) is 13.4. The molecule has 6 heteroatoms. The Morgan fingerprint density at radius 1 is 1.10 bits per heavy atom. The Bertz CT molecular complexity index is 930. The molecule has 0 spiro atoms. The van der Waals surface area contributed by atoms with Crippen molar-refractivity contribution >= 4 is 40.7 Å². The van der Waals surface area contributed by atoms with Crippen LogP contribution in [0.3, 0.4) is 0 Å². The van der Waals surface area contributed by atoms with Crippen molar-refractivity contribution in [3.63, 3.8) is 0 Å². The number of fused-ring (bicyclic) bond motifs is 1. The number of hydrogen-bond acceptors (Lipinski definition) is 2. The summed E-state index contributed by atoms with van der Waals surface area (Å²) in [6.07, 6.45) is 0.615. The van der Waals surface area contributed by atoms with E-state index in [0.717, 1.165) is 17.5 Å². The van der Waals surface area contributed by atoms with Crippen molar-refractivity contribution < 1.29 is 9.90 Å². The molecule has 1 aliphatic carbocycles. The highest BCUT2D eigenvalue weighted by molar-refractivity contribution is 6.35. The maximum absolute atomic E-state index is 13.0. The van der Waals surface area contributed by atoms with Gasteiger partial charge in [-0.25, -0.2) is 0 Å². The molecule has 2 aliphatic rings. The second-order valence-electron chi connectivity index (χ2n) is 8.39. The molecule has 1 amide bonds. The number of carbonyl (C=O) groups excluding carboxylic acids is 1. The minimum atomic E-state index is -0.806. The Morgan fingerprint density at radius 2 is 1.76 bits per heavy atom. The van der Waals surface area contributed by atoms with Crippen molar-refractivity contribution in [1.82, 2.24) is 5.32 Å². The first kappa shape index (κ1) is 21.0. The van der Waals surface area contributed by atoms with Gasteiger partial charge in [-0.3, -0.25) is 4.79 Å². The molecule has 4 rings (SSSR count). The third-order valence-corrected chi connectivity index (χ3v) is 7.78. The van der Waals surface area contributed by atoms with Crippen LogP contribution in [-0.4, -0.2) is 23.2 Å². The lowest BCUT2D eigenvalue weighted by atomic mass is 9.53. The molecule has 1 aliphatic heterocycles. The highest BCUT2D eigenvalue weighted by Crippen LogP contribution is 2.60. The van der Waals surface area contributed by atoms with Crippen molar-refractivity contribution in [1.29, 1.82) is 0 Å². The Hall–Kier alpha value is -1.26. The van der Waals surface area contributed by atoms with E-state index in [-0.39, 0.29) is 29.7 Å². The van der Waals surface area contributed by atoms with E-state index < -0.39 is 11.5 Å². The van der Waals surface area contributed by atoms with E-state index in [1.165, 1.54) is 0 Å². The third-order valence-electron chi connectivity index (χ3n) is 6.97. The Kier molecular flexibility index (Phi) is 5.63. The normalized spacial score (nSPS) is 32.6. The Balaban J connectivity index is 1.89. The highest BCUT2D eigenvalue weighted by Gasteiger charge is 2.62. The molecule has 2 fully saturated rings. The van der Waals surface area contributed by atoms with Gasteiger partial charge in [0.25, 0.3) is 0 Å². The molecule has 1 saturated heterocycles. The van der Waals surface area contributed by atoms with E-state index in [1.54, 1.807) is 13.0 Å². The standard InChI is InChI=1S/C23H24Cl3NO2/c1-12-21-20(14-3-5-15(24)6-4-14)18(17-8-7-16(25)11-19(17)26)9-10-23(21,13(2)28)22(29)27-12/h3-8,11-13,18,20-21,28H,9-10H2,1-2H3,(H,27,29)/t12-,13?,18+,20+,21+,23+/m1/s1. The van der Waals surface area contributed by atoms with E-state index in [2.05, 4.69) is 5.32 Å². The van der Waals surface area contributed by atoms with Crippen LogP contribution in [0.25, 0.3) is 0 Å². The second-order valence-corrected chi connectivity index (χ2v) is 9.67. The average molecular weight is 453 g/mol. The number of aliphatic hydroxyl groups excluding tert-OH is 1. The zero-order valence-corrected chi connectivity index (χ0v) is 18.6. The van der Waals surface area contributed by atoms with Gasteiger partial charge in [0.2, 0.25) is 5.91 Å². The van der Waals surface area contributed by atoms with Crippen molar-refractivity contribution in [3.05, 3.63) is 68.7 Å². The number of aliphatic hydroxyl groups is 1. The first-order chi connectivity index (χ1) is 13.8. The molecule has 0 bridgehead atoms.